The lowest BCUT2D eigenvalue weighted by Crippen LogP contribution is -2.55. The predicted molar refractivity (Wildman–Crippen MR) is 58.1 cm³/mol. The van der Waals surface area contributed by atoms with Gasteiger partial charge < -0.3 is 0 Å². The molecule has 3 atom stereocenters. The number of hydrogen-bond acceptors (Lipinski definition) is 3. The second-order valence-electron chi connectivity index (χ2n) is 5.77. The zero-order valence-corrected chi connectivity index (χ0v) is 10.0. The molecule has 0 aromatic rings. The van der Waals surface area contributed by atoms with E-state index in [1.165, 1.54) is 9.96 Å². The Bertz CT molecular complexity index is 368. The highest BCUT2D eigenvalue weighted by molar-refractivity contribution is 6.02. The molecule has 0 spiro atoms. The average molecular weight is 237 g/mol. The van der Waals surface area contributed by atoms with Gasteiger partial charge in [-0.15, -0.1) is 10.3 Å². The maximum absolute atomic E-state index is 12.0. The maximum Gasteiger partial charge on any atom is 0.229 e. The van der Waals surface area contributed by atoms with Crippen LogP contribution in [-0.4, -0.2) is 39.4 Å². The number of carbonyl (C=O) groups excluding carboxylic acids is 2. The van der Waals surface area contributed by atoms with Crippen molar-refractivity contribution >= 4 is 11.8 Å². The van der Waals surface area contributed by atoms with Gasteiger partial charge >= 0.3 is 0 Å². The summed E-state index contributed by atoms with van der Waals surface area (Å²) < 4.78 is 0. The summed E-state index contributed by atoms with van der Waals surface area (Å²) in [7, 11) is 0. The number of hydrogen-bond donors (Lipinski definition) is 0. The van der Waals surface area contributed by atoms with E-state index >= 15 is 0 Å². The molecule has 2 amide bonds. The minimum Gasteiger partial charge on any atom is -0.279 e. The Hall–Kier alpha value is -0.940. The summed E-state index contributed by atoms with van der Waals surface area (Å²) in [5.41, 5.74) is -0.364. The van der Waals surface area contributed by atoms with Gasteiger partial charge in [-0.05, 0) is 32.6 Å². The molecule has 3 unspecified atom stereocenters. The quantitative estimate of drug-likeness (QED) is 0.636. The average Bonchev–Trinajstić information content (AvgIpc) is 2.67. The third-order valence-electron chi connectivity index (χ3n) is 4.55. The fraction of sp³-hybridized carbons (Fsp3) is 0.833. The molecule has 0 saturated carbocycles. The Morgan fingerprint density at radius 1 is 1.18 bits per heavy atom. The van der Waals surface area contributed by atoms with Crippen LogP contribution in [0.15, 0.2) is 0 Å². The zero-order valence-electron chi connectivity index (χ0n) is 10.0. The minimum atomic E-state index is -0.364. The Kier molecular flexibility index (Phi) is 2.32. The first-order chi connectivity index (χ1) is 8.01. The van der Waals surface area contributed by atoms with Crippen molar-refractivity contribution in [3.05, 3.63) is 0 Å². The molecule has 3 saturated heterocycles. The number of fused-ring (bicyclic) bond motifs is 2. The first-order valence-electron chi connectivity index (χ1n) is 6.33. The molecule has 3 fully saturated rings. The highest BCUT2D eigenvalue weighted by atomic mass is 16.5. The molecule has 0 aromatic heterocycles. The van der Waals surface area contributed by atoms with E-state index in [2.05, 4.69) is 0 Å². The first kappa shape index (κ1) is 11.2. The summed E-state index contributed by atoms with van der Waals surface area (Å²) in [6.45, 7) is 1.96. The van der Waals surface area contributed by atoms with Crippen LogP contribution in [0.4, 0.5) is 0 Å². The largest absolute Gasteiger partial charge is 0.279 e. The summed E-state index contributed by atoms with van der Waals surface area (Å²) in [5, 5.41) is 13.2. The second kappa shape index (κ2) is 3.53. The smallest absolute Gasteiger partial charge is 0.229 e. The number of carbonyl (C=O) groups is 2. The maximum atomic E-state index is 12.0. The van der Waals surface area contributed by atoms with Gasteiger partial charge in [0.25, 0.3) is 0 Å². The third kappa shape index (κ3) is 1.52. The van der Waals surface area contributed by atoms with E-state index < -0.39 is 0 Å². The van der Waals surface area contributed by atoms with Gasteiger partial charge in [0.05, 0.1) is 0 Å². The molecule has 5 nitrogen and oxygen atoms in total. The van der Waals surface area contributed by atoms with Gasteiger partial charge in [0.1, 0.15) is 0 Å². The van der Waals surface area contributed by atoms with Crippen LogP contribution < -0.4 is 0 Å². The minimum absolute atomic E-state index is 0.0000463. The molecule has 3 rings (SSSR count). The number of nitrogens with zero attached hydrogens (tertiary/aromatic N) is 2. The van der Waals surface area contributed by atoms with Gasteiger partial charge in [-0.3, -0.25) is 14.5 Å². The molecule has 3 heterocycles. The summed E-state index contributed by atoms with van der Waals surface area (Å²) >= 11 is 0. The van der Waals surface area contributed by atoms with Crippen molar-refractivity contribution in [1.29, 1.82) is 0 Å². The number of piperidine rings is 1. The van der Waals surface area contributed by atoms with Crippen LogP contribution in [0, 0.1) is 0 Å². The number of hydroxylamine groups is 2. The van der Waals surface area contributed by atoms with E-state index in [1.807, 2.05) is 6.92 Å². The van der Waals surface area contributed by atoms with Crippen LogP contribution in [0.25, 0.3) is 0 Å². The van der Waals surface area contributed by atoms with E-state index in [0.717, 1.165) is 12.8 Å². The molecular formula is C12H17N2O3. The zero-order chi connectivity index (χ0) is 12.2. The van der Waals surface area contributed by atoms with Crippen molar-refractivity contribution in [3.8, 4) is 0 Å². The van der Waals surface area contributed by atoms with Crippen LogP contribution >= 0.6 is 0 Å². The molecule has 0 N–H and O–H groups in total. The Morgan fingerprint density at radius 2 is 1.82 bits per heavy atom. The van der Waals surface area contributed by atoms with E-state index in [0.29, 0.717) is 25.7 Å². The van der Waals surface area contributed by atoms with Crippen molar-refractivity contribution in [2.24, 2.45) is 0 Å². The van der Waals surface area contributed by atoms with E-state index in [4.69, 9.17) is 0 Å². The first-order valence-corrected chi connectivity index (χ1v) is 6.33. The number of rotatable bonds is 1. The summed E-state index contributed by atoms with van der Waals surface area (Å²) in [6.07, 6.45) is 3.78. The Morgan fingerprint density at radius 3 is 2.41 bits per heavy atom. The molecule has 0 aromatic carbocycles. The lowest BCUT2D eigenvalue weighted by atomic mass is 9.88. The van der Waals surface area contributed by atoms with Crippen molar-refractivity contribution < 1.29 is 14.8 Å². The lowest BCUT2D eigenvalue weighted by Gasteiger charge is -2.42. The van der Waals surface area contributed by atoms with Gasteiger partial charge in [0.2, 0.25) is 11.8 Å². The Balaban J connectivity index is 1.83. The van der Waals surface area contributed by atoms with Crippen LogP contribution in [0.2, 0.25) is 0 Å². The molecular weight excluding hydrogens is 220 g/mol. The summed E-state index contributed by atoms with van der Waals surface area (Å²) in [4.78, 5) is 24.9. The molecule has 5 heteroatoms. The van der Waals surface area contributed by atoms with E-state index in [-0.39, 0.29) is 29.4 Å². The molecule has 1 radical (unpaired) electrons. The van der Waals surface area contributed by atoms with Crippen LogP contribution in [0.5, 0.6) is 0 Å². The SMILES string of the molecule is CC12CCC(CC(N3C(=O)CCC3=O)C1)N2[O]. The predicted octanol–water partition coefficient (Wildman–Crippen LogP) is 0.866. The fourth-order valence-corrected chi connectivity index (χ4v) is 3.65. The highest BCUT2D eigenvalue weighted by Gasteiger charge is 2.52. The van der Waals surface area contributed by atoms with Crippen LogP contribution in [0.3, 0.4) is 0 Å². The molecule has 0 aliphatic carbocycles. The van der Waals surface area contributed by atoms with Gasteiger partial charge in [-0.25, -0.2) is 0 Å². The molecule has 3 aliphatic heterocycles. The van der Waals surface area contributed by atoms with Gasteiger partial charge in [-0.2, -0.15) is 0 Å². The van der Waals surface area contributed by atoms with Crippen molar-refractivity contribution in [3.63, 3.8) is 0 Å². The summed E-state index contributed by atoms with van der Waals surface area (Å²) in [5.74, 6) is -0.107. The molecule has 93 valence electrons. The van der Waals surface area contributed by atoms with Crippen molar-refractivity contribution in [1.82, 2.24) is 9.96 Å². The van der Waals surface area contributed by atoms with Crippen molar-refractivity contribution in [2.75, 3.05) is 0 Å². The number of imide groups is 1. The second-order valence-corrected chi connectivity index (χ2v) is 5.77. The fourth-order valence-electron chi connectivity index (χ4n) is 3.65. The van der Waals surface area contributed by atoms with E-state index in [9.17, 15) is 14.8 Å². The van der Waals surface area contributed by atoms with Gasteiger partial charge in [0, 0.05) is 30.5 Å². The van der Waals surface area contributed by atoms with Gasteiger partial charge in [-0.1, -0.05) is 0 Å². The lowest BCUT2D eigenvalue weighted by molar-refractivity contribution is -0.245. The van der Waals surface area contributed by atoms with E-state index in [1.54, 1.807) is 0 Å². The molecule has 17 heavy (non-hydrogen) atoms. The van der Waals surface area contributed by atoms with Crippen LogP contribution in [0.1, 0.15) is 45.4 Å². The molecule has 2 bridgehead atoms. The highest BCUT2D eigenvalue weighted by Crippen LogP contribution is 2.44. The summed E-state index contributed by atoms with van der Waals surface area (Å²) in [6, 6.07) is -0.0415. The van der Waals surface area contributed by atoms with Gasteiger partial charge in [0.15, 0.2) is 0 Å². The van der Waals surface area contributed by atoms with Crippen LogP contribution in [-0.2, 0) is 14.8 Å². The third-order valence-corrected chi connectivity index (χ3v) is 4.55. The van der Waals surface area contributed by atoms with Crippen molar-refractivity contribution in [2.45, 2.75) is 63.1 Å². The standard InChI is InChI=1S/C12H17N2O3/c1-12-5-4-8(14(12)17)6-9(7-12)13-10(15)2-3-11(13)16/h8-9H,2-7H2,1H3. The number of amides is 2. The topological polar surface area (TPSA) is 60.5 Å². The Labute approximate surface area is 100 Å². The molecule has 3 aliphatic rings. The normalized spacial score (nSPS) is 42.6. The number of likely N-dealkylation sites (tertiary alicyclic amines) is 1. The monoisotopic (exact) mass is 237 g/mol.